The Kier molecular flexibility index (Phi) is 2.78. The first-order chi connectivity index (χ1) is 8.83. The topological polar surface area (TPSA) is 51.8 Å². The van der Waals surface area contributed by atoms with Crippen LogP contribution in [0, 0.1) is 0 Å². The standard InChI is InChI=1S/C14H11N3S/c15-12-3-1-2-11(8-12)14-17-13(9-18-14)10-4-6-16-7-5-10/h1-9H,15H2. The zero-order valence-corrected chi connectivity index (χ0v) is 10.4. The Morgan fingerprint density at radius 3 is 2.61 bits per heavy atom. The number of pyridine rings is 1. The summed E-state index contributed by atoms with van der Waals surface area (Å²) in [5.74, 6) is 0. The monoisotopic (exact) mass is 253 g/mol. The summed E-state index contributed by atoms with van der Waals surface area (Å²) in [6, 6.07) is 11.7. The Morgan fingerprint density at radius 1 is 1.00 bits per heavy atom. The first-order valence-electron chi connectivity index (χ1n) is 5.55. The molecular weight excluding hydrogens is 242 g/mol. The highest BCUT2D eigenvalue weighted by molar-refractivity contribution is 7.13. The van der Waals surface area contributed by atoms with Gasteiger partial charge in [-0.05, 0) is 24.3 Å². The molecule has 0 atom stereocenters. The molecule has 0 unspecified atom stereocenters. The molecule has 0 bridgehead atoms. The maximum atomic E-state index is 5.78. The number of aromatic nitrogens is 2. The van der Waals surface area contributed by atoms with Gasteiger partial charge in [-0.2, -0.15) is 0 Å². The van der Waals surface area contributed by atoms with Gasteiger partial charge in [0.05, 0.1) is 5.69 Å². The van der Waals surface area contributed by atoms with Crippen molar-refractivity contribution in [3.63, 3.8) is 0 Å². The molecule has 3 nitrogen and oxygen atoms in total. The van der Waals surface area contributed by atoms with E-state index < -0.39 is 0 Å². The summed E-state index contributed by atoms with van der Waals surface area (Å²) in [5.41, 5.74) is 9.65. The van der Waals surface area contributed by atoms with Gasteiger partial charge in [0, 0.05) is 34.6 Å². The largest absolute Gasteiger partial charge is 0.399 e. The van der Waals surface area contributed by atoms with Gasteiger partial charge in [0.25, 0.3) is 0 Å². The zero-order valence-electron chi connectivity index (χ0n) is 9.58. The summed E-state index contributed by atoms with van der Waals surface area (Å²) in [5, 5.41) is 3.03. The molecule has 3 aromatic rings. The normalized spacial score (nSPS) is 10.4. The average molecular weight is 253 g/mol. The van der Waals surface area contributed by atoms with Crippen molar-refractivity contribution in [1.82, 2.24) is 9.97 Å². The number of hydrogen-bond acceptors (Lipinski definition) is 4. The smallest absolute Gasteiger partial charge is 0.124 e. The third-order valence-electron chi connectivity index (χ3n) is 2.61. The second-order valence-corrected chi connectivity index (χ2v) is 4.76. The summed E-state index contributed by atoms with van der Waals surface area (Å²) in [4.78, 5) is 8.63. The molecule has 0 saturated heterocycles. The van der Waals surface area contributed by atoms with E-state index in [9.17, 15) is 0 Å². The van der Waals surface area contributed by atoms with Gasteiger partial charge in [-0.15, -0.1) is 11.3 Å². The number of benzene rings is 1. The molecule has 0 spiro atoms. The van der Waals surface area contributed by atoms with E-state index in [1.807, 2.05) is 41.8 Å². The van der Waals surface area contributed by atoms with E-state index in [2.05, 4.69) is 9.97 Å². The number of nitrogens with zero attached hydrogens (tertiary/aromatic N) is 2. The Labute approximate surface area is 109 Å². The van der Waals surface area contributed by atoms with Crippen LogP contribution in [0.2, 0.25) is 0 Å². The van der Waals surface area contributed by atoms with Crippen LogP contribution in [0.25, 0.3) is 21.8 Å². The molecule has 1 aromatic carbocycles. The molecular formula is C14H11N3S. The summed E-state index contributed by atoms with van der Waals surface area (Å²) in [6.07, 6.45) is 3.55. The fourth-order valence-electron chi connectivity index (χ4n) is 1.73. The van der Waals surface area contributed by atoms with Gasteiger partial charge in [-0.3, -0.25) is 4.98 Å². The molecule has 4 heteroatoms. The van der Waals surface area contributed by atoms with E-state index in [1.165, 1.54) is 0 Å². The Hall–Kier alpha value is -2.20. The van der Waals surface area contributed by atoms with E-state index in [4.69, 9.17) is 5.73 Å². The SMILES string of the molecule is Nc1cccc(-c2nc(-c3ccncc3)cs2)c1. The minimum absolute atomic E-state index is 0.758. The van der Waals surface area contributed by atoms with Gasteiger partial charge in [-0.25, -0.2) is 4.98 Å². The van der Waals surface area contributed by atoms with E-state index >= 15 is 0 Å². The summed E-state index contributed by atoms with van der Waals surface area (Å²) in [7, 11) is 0. The summed E-state index contributed by atoms with van der Waals surface area (Å²) in [6.45, 7) is 0. The molecule has 2 heterocycles. The number of nitrogen functional groups attached to an aromatic ring is 1. The summed E-state index contributed by atoms with van der Waals surface area (Å²) < 4.78 is 0. The minimum Gasteiger partial charge on any atom is -0.399 e. The Morgan fingerprint density at radius 2 is 1.83 bits per heavy atom. The molecule has 0 aliphatic carbocycles. The molecule has 0 aliphatic rings. The van der Waals surface area contributed by atoms with Crippen LogP contribution < -0.4 is 5.73 Å². The predicted molar refractivity (Wildman–Crippen MR) is 75.2 cm³/mol. The third-order valence-corrected chi connectivity index (χ3v) is 3.51. The van der Waals surface area contributed by atoms with E-state index in [-0.39, 0.29) is 0 Å². The maximum Gasteiger partial charge on any atom is 0.124 e. The highest BCUT2D eigenvalue weighted by Crippen LogP contribution is 2.29. The van der Waals surface area contributed by atoms with Crippen molar-refractivity contribution in [3.8, 4) is 21.8 Å². The van der Waals surface area contributed by atoms with Crippen LogP contribution in [0.15, 0.2) is 54.2 Å². The van der Waals surface area contributed by atoms with Crippen LogP contribution in [-0.2, 0) is 0 Å². The molecule has 2 N–H and O–H groups in total. The molecule has 0 radical (unpaired) electrons. The lowest BCUT2D eigenvalue weighted by atomic mass is 10.2. The quantitative estimate of drug-likeness (QED) is 0.712. The second-order valence-electron chi connectivity index (χ2n) is 3.90. The van der Waals surface area contributed by atoms with Crippen LogP contribution in [0.5, 0.6) is 0 Å². The highest BCUT2D eigenvalue weighted by atomic mass is 32.1. The molecule has 2 aromatic heterocycles. The molecule has 0 saturated carbocycles. The average Bonchev–Trinajstić information content (AvgIpc) is 2.89. The van der Waals surface area contributed by atoms with E-state index in [0.29, 0.717) is 0 Å². The molecule has 0 amide bonds. The van der Waals surface area contributed by atoms with Gasteiger partial charge in [0.1, 0.15) is 5.01 Å². The van der Waals surface area contributed by atoms with Gasteiger partial charge in [0.2, 0.25) is 0 Å². The van der Waals surface area contributed by atoms with Gasteiger partial charge in [-0.1, -0.05) is 12.1 Å². The van der Waals surface area contributed by atoms with Crippen LogP contribution in [0.1, 0.15) is 0 Å². The predicted octanol–water partition coefficient (Wildman–Crippen LogP) is 3.45. The molecule has 18 heavy (non-hydrogen) atoms. The second kappa shape index (κ2) is 4.58. The molecule has 0 aliphatic heterocycles. The number of hydrogen-bond donors (Lipinski definition) is 1. The van der Waals surface area contributed by atoms with Gasteiger partial charge < -0.3 is 5.73 Å². The first kappa shape index (κ1) is 10.9. The van der Waals surface area contributed by atoms with Crippen LogP contribution >= 0.6 is 11.3 Å². The molecule has 88 valence electrons. The first-order valence-corrected chi connectivity index (χ1v) is 6.43. The van der Waals surface area contributed by atoms with Crippen molar-refractivity contribution in [2.24, 2.45) is 0 Å². The van der Waals surface area contributed by atoms with Crippen molar-refractivity contribution in [2.45, 2.75) is 0 Å². The lowest BCUT2D eigenvalue weighted by molar-refractivity contribution is 1.31. The van der Waals surface area contributed by atoms with Crippen LogP contribution in [-0.4, -0.2) is 9.97 Å². The lowest BCUT2D eigenvalue weighted by Crippen LogP contribution is -1.85. The zero-order chi connectivity index (χ0) is 12.4. The van der Waals surface area contributed by atoms with Crippen molar-refractivity contribution < 1.29 is 0 Å². The number of anilines is 1. The number of thiazole rings is 1. The third kappa shape index (κ3) is 2.10. The van der Waals surface area contributed by atoms with Crippen molar-refractivity contribution >= 4 is 17.0 Å². The lowest BCUT2D eigenvalue weighted by Gasteiger charge is -1.98. The van der Waals surface area contributed by atoms with Crippen molar-refractivity contribution in [2.75, 3.05) is 5.73 Å². The highest BCUT2D eigenvalue weighted by Gasteiger charge is 2.06. The number of rotatable bonds is 2. The Balaban J connectivity index is 2.00. The van der Waals surface area contributed by atoms with Gasteiger partial charge in [0.15, 0.2) is 0 Å². The fourth-order valence-corrected chi connectivity index (χ4v) is 2.56. The van der Waals surface area contributed by atoms with E-state index in [1.54, 1.807) is 23.7 Å². The van der Waals surface area contributed by atoms with Gasteiger partial charge >= 0.3 is 0 Å². The molecule has 0 fully saturated rings. The maximum absolute atomic E-state index is 5.78. The summed E-state index contributed by atoms with van der Waals surface area (Å²) >= 11 is 1.62. The Bertz CT molecular complexity index is 662. The van der Waals surface area contributed by atoms with Crippen molar-refractivity contribution in [3.05, 3.63) is 54.2 Å². The molecule has 3 rings (SSSR count). The van der Waals surface area contributed by atoms with Crippen LogP contribution in [0.3, 0.4) is 0 Å². The number of nitrogens with two attached hydrogens (primary N) is 1. The van der Waals surface area contributed by atoms with Crippen LogP contribution in [0.4, 0.5) is 5.69 Å². The minimum atomic E-state index is 0.758. The van der Waals surface area contributed by atoms with E-state index in [0.717, 1.165) is 27.5 Å². The fraction of sp³-hybridized carbons (Fsp3) is 0. The van der Waals surface area contributed by atoms with Crippen molar-refractivity contribution in [1.29, 1.82) is 0 Å².